The first-order chi connectivity index (χ1) is 10.4. The van der Waals surface area contributed by atoms with Crippen LogP contribution in [0, 0.1) is 0 Å². The number of hydrogen-bond acceptors (Lipinski definition) is 2. The van der Waals surface area contributed by atoms with E-state index in [0.717, 1.165) is 26.1 Å². The van der Waals surface area contributed by atoms with Crippen LogP contribution in [0.5, 0.6) is 0 Å². The lowest BCUT2D eigenvalue weighted by Crippen LogP contribution is -2.39. The Bertz CT molecular complexity index is 565. The van der Waals surface area contributed by atoms with Crippen molar-refractivity contribution in [3.63, 3.8) is 0 Å². The molecule has 0 aromatic heterocycles. The van der Waals surface area contributed by atoms with Crippen LogP contribution < -0.4 is 10.2 Å². The fourth-order valence-corrected chi connectivity index (χ4v) is 3.22. The summed E-state index contributed by atoms with van der Waals surface area (Å²) in [6, 6.07) is 20.2. The van der Waals surface area contributed by atoms with E-state index in [2.05, 4.69) is 71.7 Å². The molecule has 2 nitrogen and oxygen atoms in total. The maximum Gasteiger partial charge on any atom is 0.0414 e. The van der Waals surface area contributed by atoms with Crippen molar-refractivity contribution in [2.45, 2.75) is 32.4 Å². The Labute approximate surface area is 127 Å². The van der Waals surface area contributed by atoms with Gasteiger partial charge in [-0.25, -0.2) is 0 Å². The van der Waals surface area contributed by atoms with E-state index in [1.54, 1.807) is 0 Å². The standard InChI is InChI=1S/C19H24N2/c1-2-18(14-16-8-4-3-5-9-16)21-13-12-20-15-17-10-6-7-11-19(17)21/h3-11,18,20H,2,12-15H2,1H3. The second-order valence-electron chi connectivity index (χ2n) is 5.75. The summed E-state index contributed by atoms with van der Waals surface area (Å²) >= 11 is 0. The highest BCUT2D eigenvalue weighted by atomic mass is 15.2. The molecule has 21 heavy (non-hydrogen) atoms. The molecule has 1 heterocycles. The first-order valence-corrected chi connectivity index (χ1v) is 7.97. The minimum Gasteiger partial charge on any atom is -0.367 e. The molecule has 0 amide bonds. The van der Waals surface area contributed by atoms with Crippen molar-refractivity contribution >= 4 is 5.69 Å². The van der Waals surface area contributed by atoms with E-state index in [1.807, 2.05) is 0 Å². The maximum atomic E-state index is 3.53. The molecule has 0 saturated heterocycles. The minimum absolute atomic E-state index is 0.563. The third-order valence-electron chi connectivity index (χ3n) is 4.37. The van der Waals surface area contributed by atoms with Crippen LogP contribution in [0.1, 0.15) is 24.5 Å². The van der Waals surface area contributed by atoms with Crippen LogP contribution in [0.4, 0.5) is 5.69 Å². The van der Waals surface area contributed by atoms with E-state index in [-0.39, 0.29) is 0 Å². The Morgan fingerprint density at radius 1 is 1.05 bits per heavy atom. The van der Waals surface area contributed by atoms with Crippen LogP contribution in [0.15, 0.2) is 54.6 Å². The third-order valence-corrected chi connectivity index (χ3v) is 4.37. The third kappa shape index (κ3) is 3.27. The molecule has 2 aromatic carbocycles. The quantitative estimate of drug-likeness (QED) is 0.920. The maximum absolute atomic E-state index is 3.53. The molecule has 1 N–H and O–H groups in total. The van der Waals surface area contributed by atoms with Gasteiger partial charge in [-0.2, -0.15) is 0 Å². The summed E-state index contributed by atoms with van der Waals surface area (Å²) in [5.41, 5.74) is 4.26. The predicted octanol–water partition coefficient (Wildman–Crippen LogP) is 3.62. The van der Waals surface area contributed by atoms with Gasteiger partial charge in [0.1, 0.15) is 0 Å². The molecule has 2 aromatic rings. The fourth-order valence-electron chi connectivity index (χ4n) is 3.22. The molecule has 0 aliphatic carbocycles. The molecular formula is C19H24N2. The summed E-state index contributed by atoms with van der Waals surface area (Å²) in [5.74, 6) is 0. The first kappa shape index (κ1) is 14.2. The van der Waals surface area contributed by atoms with E-state index in [0.29, 0.717) is 6.04 Å². The molecule has 2 heteroatoms. The summed E-state index contributed by atoms with van der Waals surface area (Å²) < 4.78 is 0. The lowest BCUT2D eigenvalue weighted by atomic mass is 10.0. The molecule has 0 radical (unpaired) electrons. The highest BCUT2D eigenvalue weighted by molar-refractivity contribution is 5.55. The second kappa shape index (κ2) is 6.77. The average molecular weight is 280 g/mol. The molecule has 110 valence electrons. The Balaban J connectivity index is 1.86. The molecule has 1 aliphatic heterocycles. The molecule has 0 saturated carbocycles. The molecule has 1 aliphatic rings. The molecule has 1 unspecified atom stereocenters. The Hall–Kier alpha value is -1.80. The molecule has 3 rings (SSSR count). The van der Waals surface area contributed by atoms with Gasteiger partial charge < -0.3 is 10.2 Å². The number of nitrogens with one attached hydrogen (secondary N) is 1. The van der Waals surface area contributed by atoms with E-state index in [1.165, 1.54) is 23.2 Å². The van der Waals surface area contributed by atoms with Gasteiger partial charge in [0.25, 0.3) is 0 Å². The zero-order chi connectivity index (χ0) is 14.5. The van der Waals surface area contributed by atoms with Crippen LogP contribution in [0.2, 0.25) is 0 Å². The molecular weight excluding hydrogens is 256 g/mol. The summed E-state index contributed by atoms with van der Waals surface area (Å²) in [6.45, 7) is 5.42. The van der Waals surface area contributed by atoms with Gasteiger partial charge in [-0.15, -0.1) is 0 Å². The molecule has 1 atom stereocenters. The zero-order valence-electron chi connectivity index (χ0n) is 12.8. The number of fused-ring (bicyclic) bond motifs is 1. The summed E-state index contributed by atoms with van der Waals surface area (Å²) in [4.78, 5) is 2.60. The normalized spacial score (nSPS) is 16.1. The number of hydrogen-bond donors (Lipinski definition) is 1. The largest absolute Gasteiger partial charge is 0.367 e. The zero-order valence-corrected chi connectivity index (χ0v) is 12.8. The Morgan fingerprint density at radius 2 is 1.81 bits per heavy atom. The number of benzene rings is 2. The van der Waals surface area contributed by atoms with Crippen molar-refractivity contribution in [3.05, 3.63) is 65.7 Å². The molecule has 0 fully saturated rings. The Morgan fingerprint density at radius 3 is 2.62 bits per heavy atom. The highest BCUT2D eigenvalue weighted by Gasteiger charge is 2.21. The van der Waals surface area contributed by atoms with Crippen molar-refractivity contribution in [3.8, 4) is 0 Å². The van der Waals surface area contributed by atoms with Crippen molar-refractivity contribution in [2.75, 3.05) is 18.0 Å². The van der Waals surface area contributed by atoms with Gasteiger partial charge >= 0.3 is 0 Å². The van der Waals surface area contributed by atoms with Gasteiger partial charge in [0.05, 0.1) is 0 Å². The van der Waals surface area contributed by atoms with E-state index in [9.17, 15) is 0 Å². The van der Waals surface area contributed by atoms with Crippen LogP contribution in [0.3, 0.4) is 0 Å². The van der Waals surface area contributed by atoms with Crippen LogP contribution in [0.25, 0.3) is 0 Å². The topological polar surface area (TPSA) is 15.3 Å². The van der Waals surface area contributed by atoms with Crippen LogP contribution in [-0.2, 0) is 13.0 Å². The lowest BCUT2D eigenvalue weighted by molar-refractivity contribution is 0.563. The summed E-state index contributed by atoms with van der Waals surface area (Å²) in [6.07, 6.45) is 2.29. The SMILES string of the molecule is CCC(Cc1ccccc1)N1CCNCc2ccccc21. The number of para-hydroxylation sites is 1. The summed E-state index contributed by atoms with van der Waals surface area (Å²) in [5, 5.41) is 3.53. The van der Waals surface area contributed by atoms with Crippen LogP contribution in [-0.4, -0.2) is 19.1 Å². The first-order valence-electron chi connectivity index (χ1n) is 7.97. The average Bonchev–Trinajstić information content (AvgIpc) is 2.76. The van der Waals surface area contributed by atoms with Gasteiger partial charge in [-0.3, -0.25) is 0 Å². The van der Waals surface area contributed by atoms with Gasteiger partial charge in [-0.1, -0.05) is 55.5 Å². The molecule has 0 spiro atoms. The monoisotopic (exact) mass is 280 g/mol. The number of nitrogens with zero attached hydrogens (tertiary/aromatic N) is 1. The summed E-state index contributed by atoms with van der Waals surface area (Å²) in [7, 11) is 0. The lowest BCUT2D eigenvalue weighted by Gasteiger charge is -2.33. The number of rotatable bonds is 4. The van der Waals surface area contributed by atoms with E-state index < -0.39 is 0 Å². The van der Waals surface area contributed by atoms with Crippen molar-refractivity contribution in [1.29, 1.82) is 0 Å². The van der Waals surface area contributed by atoms with Crippen molar-refractivity contribution in [2.24, 2.45) is 0 Å². The van der Waals surface area contributed by atoms with Crippen molar-refractivity contribution < 1.29 is 0 Å². The van der Waals surface area contributed by atoms with E-state index >= 15 is 0 Å². The fraction of sp³-hybridized carbons (Fsp3) is 0.368. The predicted molar refractivity (Wildman–Crippen MR) is 89.7 cm³/mol. The van der Waals surface area contributed by atoms with Crippen LogP contribution >= 0.6 is 0 Å². The second-order valence-corrected chi connectivity index (χ2v) is 5.75. The van der Waals surface area contributed by atoms with Gasteiger partial charge in [0.2, 0.25) is 0 Å². The van der Waals surface area contributed by atoms with Crippen molar-refractivity contribution in [1.82, 2.24) is 5.32 Å². The minimum atomic E-state index is 0.563. The number of anilines is 1. The Kier molecular flexibility index (Phi) is 4.56. The van der Waals surface area contributed by atoms with Gasteiger partial charge in [0.15, 0.2) is 0 Å². The van der Waals surface area contributed by atoms with Gasteiger partial charge in [-0.05, 0) is 30.0 Å². The van der Waals surface area contributed by atoms with Gasteiger partial charge in [0, 0.05) is 31.4 Å². The smallest absolute Gasteiger partial charge is 0.0414 e. The molecule has 0 bridgehead atoms. The van der Waals surface area contributed by atoms with E-state index in [4.69, 9.17) is 0 Å². The highest BCUT2D eigenvalue weighted by Crippen LogP contribution is 2.26.